The number of hydrogen-bond donors (Lipinski definition) is 1. The van der Waals surface area contributed by atoms with E-state index in [1.165, 1.54) is 11.1 Å². The monoisotopic (exact) mass is 398 g/mol. The number of nitrogens with zero attached hydrogens (tertiary/aromatic N) is 1. The van der Waals surface area contributed by atoms with Crippen LogP contribution in [-0.2, 0) is 22.6 Å². The van der Waals surface area contributed by atoms with Crippen molar-refractivity contribution >= 4 is 33.4 Å². The van der Waals surface area contributed by atoms with Gasteiger partial charge in [0.25, 0.3) is 0 Å². The van der Waals surface area contributed by atoms with Crippen molar-refractivity contribution in [2.24, 2.45) is 11.8 Å². The Kier molecular flexibility index (Phi) is 4.34. The molecule has 0 spiro atoms. The van der Waals surface area contributed by atoms with Crippen molar-refractivity contribution in [2.75, 3.05) is 11.9 Å². The van der Waals surface area contributed by atoms with Gasteiger partial charge in [0.2, 0.25) is 11.8 Å². The maximum absolute atomic E-state index is 12.7. The number of carbonyl (C=O) groups is 2. The molecule has 2 amide bonds. The number of halogens is 1. The van der Waals surface area contributed by atoms with E-state index in [0.717, 1.165) is 23.1 Å². The largest absolute Gasteiger partial charge is 0.338 e. The van der Waals surface area contributed by atoms with Crippen LogP contribution in [0.4, 0.5) is 5.69 Å². The summed E-state index contributed by atoms with van der Waals surface area (Å²) in [6.45, 7) is 1.40. The van der Waals surface area contributed by atoms with Gasteiger partial charge < -0.3 is 10.2 Å². The predicted octanol–water partition coefficient (Wildman–Crippen LogP) is 3.61. The maximum atomic E-state index is 12.7. The van der Waals surface area contributed by atoms with Crippen molar-refractivity contribution < 1.29 is 9.59 Å². The Bertz CT molecular complexity index is 819. The summed E-state index contributed by atoms with van der Waals surface area (Å²) in [4.78, 5) is 27.0. The van der Waals surface area contributed by atoms with Crippen molar-refractivity contribution in [1.29, 1.82) is 0 Å². The minimum atomic E-state index is -0.201. The highest BCUT2D eigenvalue weighted by molar-refractivity contribution is 9.10. The van der Waals surface area contributed by atoms with Crippen LogP contribution in [-0.4, -0.2) is 23.3 Å². The number of nitrogens with one attached hydrogen (secondary N) is 1. The molecule has 4 nitrogen and oxygen atoms in total. The summed E-state index contributed by atoms with van der Waals surface area (Å²) in [6.07, 6.45) is 1.55. The fourth-order valence-electron chi connectivity index (χ4n) is 3.44. The van der Waals surface area contributed by atoms with E-state index in [-0.39, 0.29) is 23.7 Å². The highest BCUT2D eigenvalue weighted by atomic mass is 79.9. The van der Waals surface area contributed by atoms with E-state index in [4.69, 9.17) is 0 Å². The van der Waals surface area contributed by atoms with Crippen molar-refractivity contribution in [3.05, 3.63) is 64.1 Å². The Labute approximate surface area is 155 Å². The lowest BCUT2D eigenvalue weighted by molar-refractivity contribution is -0.135. The Hall–Kier alpha value is -2.14. The standard InChI is InChI=1S/C20H19BrN2O2/c21-15-5-7-16(8-6-15)22-19(24)17-11-18(17)20(25)23-10-9-13-3-1-2-4-14(13)12-23/h1-8,17-18H,9-12H2,(H,22,24). The number of rotatable bonds is 3. The zero-order valence-corrected chi connectivity index (χ0v) is 15.3. The summed E-state index contributed by atoms with van der Waals surface area (Å²) < 4.78 is 0.968. The first-order valence-corrected chi connectivity index (χ1v) is 9.33. The van der Waals surface area contributed by atoms with Crippen LogP contribution in [0.15, 0.2) is 53.0 Å². The highest BCUT2D eigenvalue weighted by Crippen LogP contribution is 2.41. The second kappa shape index (κ2) is 6.64. The number of carbonyl (C=O) groups excluding carboxylic acids is 2. The van der Waals surface area contributed by atoms with Gasteiger partial charge in [0.05, 0.1) is 11.8 Å². The maximum Gasteiger partial charge on any atom is 0.228 e. The zero-order valence-electron chi connectivity index (χ0n) is 13.7. The second-order valence-corrected chi connectivity index (χ2v) is 7.64. The molecule has 1 aliphatic carbocycles. The van der Waals surface area contributed by atoms with Crippen LogP contribution in [0, 0.1) is 11.8 Å². The summed E-state index contributed by atoms with van der Waals surface area (Å²) >= 11 is 3.37. The van der Waals surface area contributed by atoms with E-state index in [2.05, 4.69) is 33.4 Å². The normalized spacial score (nSPS) is 21.4. The van der Waals surface area contributed by atoms with Crippen LogP contribution < -0.4 is 5.32 Å². The first-order valence-electron chi connectivity index (χ1n) is 8.54. The SMILES string of the molecule is O=C(Nc1ccc(Br)cc1)C1CC1C(=O)N1CCc2ccccc2C1. The first-order chi connectivity index (χ1) is 12.1. The molecule has 2 aromatic carbocycles. The molecule has 1 N–H and O–H groups in total. The van der Waals surface area contributed by atoms with E-state index in [1.807, 2.05) is 41.3 Å². The van der Waals surface area contributed by atoms with Gasteiger partial charge in [-0.1, -0.05) is 40.2 Å². The fraction of sp³-hybridized carbons (Fsp3) is 0.300. The molecule has 0 saturated heterocycles. The molecule has 1 saturated carbocycles. The molecular formula is C20H19BrN2O2. The molecule has 0 aromatic heterocycles. The van der Waals surface area contributed by atoms with Gasteiger partial charge in [-0.3, -0.25) is 9.59 Å². The molecule has 128 valence electrons. The Morgan fingerprint density at radius 2 is 1.72 bits per heavy atom. The minimum absolute atomic E-state index is 0.0573. The van der Waals surface area contributed by atoms with Crippen molar-refractivity contribution in [3.8, 4) is 0 Å². The minimum Gasteiger partial charge on any atom is -0.338 e. The van der Waals surface area contributed by atoms with E-state index in [0.29, 0.717) is 13.0 Å². The molecule has 2 atom stereocenters. The number of anilines is 1. The second-order valence-electron chi connectivity index (χ2n) is 6.72. The van der Waals surface area contributed by atoms with Gasteiger partial charge in [-0.25, -0.2) is 0 Å². The molecule has 2 aliphatic rings. The summed E-state index contributed by atoms with van der Waals surface area (Å²) in [5, 5.41) is 2.90. The molecule has 1 fully saturated rings. The molecule has 5 heteroatoms. The van der Waals surface area contributed by atoms with Gasteiger partial charge in [-0.2, -0.15) is 0 Å². The van der Waals surface area contributed by atoms with Gasteiger partial charge in [0.15, 0.2) is 0 Å². The summed E-state index contributed by atoms with van der Waals surface area (Å²) in [5.74, 6) is -0.308. The molecule has 25 heavy (non-hydrogen) atoms. The van der Waals surface area contributed by atoms with Crippen LogP contribution in [0.3, 0.4) is 0 Å². The van der Waals surface area contributed by atoms with E-state index in [1.54, 1.807) is 0 Å². The first kappa shape index (κ1) is 16.3. The molecule has 2 unspecified atom stereocenters. The lowest BCUT2D eigenvalue weighted by atomic mass is 9.99. The quantitative estimate of drug-likeness (QED) is 0.858. The topological polar surface area (TPSA) is 49.4 Å². The number of fused-ring (bicyclic) bond motifs is 1. The van der Waals surface area contributed by atoms with E-state index in [9.17, 15) is 9.59 Å². The number of benzene rings is 2. The predicted molar refractivity (Wildman–Crippen MR) is 99.9 cm³/mol. The summed E-state index contributed by atoms with van der Waals surface area (Å²) in [5.41, 5.74) is 3.31. The third-order valence-corrected chi connectivity index (χ3v) is 5.53. The smallest absolute Gasteiger partial charge is 0.228 e. The van der Waals surface area contributed by atoms with Gasteiger partial charge in [0.1, 0.15) is 0 Å². The van der Waals surface area contributed by atoms with Crippen molar-refractivity contribution in [1.82, 2.24) is 4.90 Å². The van der Waals surface area contributed by atoms with Crippen LogP contribution in [0.2, 0.25) is 0 Å². The molecular weight excluding hydrogens is 380 g/mol. The summed E-state index contributed by atoms with van der Waals surface area (Å²) in [6, 6.07) is 15.7. The van der Waals surface area contributed by atoms with Gasteiger partial charge in [-0.05, 0) is 48.2 Å². The number of amides is 2. The van der Waals surface area contributed by atoms with Crippen LogP contribution in [0.25, 0.3) is 0 Å². The fourth-order valence-corrected chi connectivity index (χ4v) is 3.71. The average molecular weight is 399 g/mol. The molecule has 1 aliphatic heterocycles. The van der Waals surface area contributed by atoms with Crippen molar-refractivity contribution in [3.63, 3.8) is 0 Å². The molecule has 1 heterocycles. The Balaban J connectivity index is 1.35. The van der Waals surface area contributed by atoms with Crippen molar-refractivity contribution in [2.45, 2.75) is 19.4 Å². The highest BCUT2D eigenvalue weighted by Gasteiger charge is 2.49. The Morgan fingerprint density at radius 1 is 1.00 bits per heavy atom. The van der Waals surface area contributed by atoms with Gasteiger partial charge in [-0.15, -0.1) is 0 Å². The third-order valence-electron chi connectivity index (χ3n) is 5.00. The molecule has 0 bridgehead atoms. The summed E-state index contributed by atoms with van der Waals surface area (Å²) in [7, 11) is 0. The third kappa shape index (κ3) is 3.47. The van der Waals surface area contributed by atoms with E-state index >= 15 is 0 Å². The van der Waals surface area contributed by atoms with Gasteiger partial charge >= 0.3 is 0 Å². The molecule has 0 radical (unpaired) electrons. The van der Waals surface area contributed by atoms with E-state index < -0.39 is 0 Å². The van der Waals surface area contributed by atoms with Crippen LogP contribution >= 0.6 is 15.9 Å². The number of hydrogen-bond acceptors (Lipinski definition) is 2. The lowest BCUT2D eigenvalue weighted by Crippen LogP contribution is -2.37. The Morgan fingerprint density at radius 3 is 2.48 bits per heavy atom. The molecule has 4 rings (SSSR count). The van der Waals surface area contributed by atoms with Gasteiger partial charge in [0, 0.05) is 23.2 Å². The zero-order chi connectivity index (χ0) is 17.4. The average Bonchev–Trinajstić information content (AvgIpc) is 3.43. The van der Waals surface area contributed by atoms with Crippen LogP contribution in [0.1, 0.15) is 17.5 Å². The molecule has 2 aromatic rings. The lowest BCUT2D eigenvalue weighted by Gasteiger charge is -2.29. The van der Waals surface area contributed by atoms with Crippen LogP contribution in [0.5, 0.6) is 0 Å².